The number of nitrogens with one attached hydrogen (secondary N) is 1. The lowest BCUT2D eigenvalue weighted by atomic mass is 9.78. The summed E-state index contributed by atoms with van der Waals surface area (Å²) >= 11 is 0. The number of hydrogen-bond acceptors (Lipinski definition) is 3. The molecule has 0 aliphatic heterocycles. The predicted molar refractivity (Wildman–Crippen MR) is 108 cm³/mol. The number of pyridine rings is 1. The van der Waals surface area contributed by atoms with E-state index >= 15 is 0 Å². The van der Waals surface area contributed by atoms with Crippen molar-refractivity contribution < 1.29 is 22.7 Å². The van der Waals surface area contributed by atoms with E-state index in [2.05, 4.69) is 5.32 Å². The van der Waals surface area contributed by atoms with Gasteiger partial charge in [-0.1, -0.05) is 12.1 Å². The molecule has 1 aromatic carbocycles. The summed E-state index contributed by atoms with van der Waals surface area (Å²) in [6, 6.07) is 7.97. The zero-order valence-electron chi connectivity index (χ0n) is 17.0. The Kier molecular flexibility index (Phi) is 6.36. The molecule has 1 aliphatic carbocycles. The second-order valence-corrected chi connectivity index (χ2v) is 8.03. The number of halogens is 3. The zero-order chi connectivity index (χ0) is 22.1. The summed E-state index contributed by atoms with van der Waals surface area (Å²) in [4.78, 5) is 12.5. The Hall–Kier alpha value is -2.61. The monoisotopic (exact) mass is 421 g/mol. The van der Waals surface area contributed by atoms with Crippen LogP contribution in [0.25, 0.3) is 11.1 Å². The summed E-state index contributed by atoms with van der Waals surface area (Å²) < 4.78 is 39.3. The number of aromatic nitrogens is 1. The smallest absolute Gasteiger partial charge is 0.391 e. The summed E-state index contributed by atoms with van der Waals surface area (Å²) in [5.74, 6) is -1.96. The van der Waals surface area contributed by atoms with Gasteiger partial charge in [0.15, 0.2) is 11.9 Å². The average Bonchev–Trinajstić information content (AvgIpc) is 2.71. The van der Waals surface area contributed by atoms with Crippen LogP contribution in [0.2, 0.25) is 0 Å². The Morgan fingerprint density at radius 1 is 1.13 bits per heavy atom. The summed E-state index contributed by atoms with van der Waals surface area (Å²) in [5.41, 5.74) is 9.83. The van der Waals surface area contributed by atoms with Gasteiger partial charge in [0.2, 0.25) is 5.91 Å². The molecule has 1 saturated carbocycles. The Morgan fingerprint density at radius 2 is 1.73 bits per heavy atom. The van der Waals surface area contributed by atoms with Crippen LogP contribution < -0.4 is 15.8 Å². The number of amides is 1. The van der Waals surface area contributed by atoms with E-state index in [1.807, 2.05) is 19.1 Å². The summed E-state index contributed by atoms with van der Waals surface area (Å²) in [6.45, 7) is 3.67. The Balaban J connectivity index is 1.63. The largest absolute Gasteiger partial charge is 0.618 e. The van der Waals surface area contributed by atoms with Crippen LogP contribution in [-0.2, 0) is 4.79 Å². The average molecular weight is 421 g/mol. The molecule has 1 heterocycles. The van der Waals surface area contributed by atoms with Gasteiger partial charge >= 0.3 is 6.18 Å². The summed E-state index contributed by atoms with van der Waals surface area (Å²) in [5, 5.41) is 14.6. The molecule has 0 radical (unpaired) electrons. The van der Waals surface area contributed by atoms with E-state index in [0.717, 1.165) is 21.4 Å². The maximum Gasteiger partial charge on any atom is 0.391 e. The van der Waals surface area contributed by atoms with Crippen LogP contribution in [0.4, 0.5) is 18.9 Å². The van der Waals surface area contributed by atoms with E-state index in [1.165, 1.54) is 6.20 Å². The molecule has 0 saturated heterocycles. The molecule has 1 atom stereocenters. The van der Waals surface area contributed by atoms with E-state index in [-0.39, 0.29) is 18.8 Å². The van der Waals surface area contributed by atoms with Crippen LogP contribution in [0.1, 0.15) is 36.9 Å². The van der Waals surface area contributed by atoms with Crippen molar-refractivity contribution in [3.05, 3.63) is 53.0 Å². The molecule has 0 bridgehead atoms. The zero-order valence-corrected chi connectivity index (χ0v) is 17.0. The van der Waals surface area contributed by atoms with Crippen molar-refractivity contribution in [3.63, 3.8) is 0 Å². The van der Waals surface area contributed by atoms with Gasteiger partial charge in [0.1, 0.15) is 0 Å². The van der Waals surface area contributed by atoms with E-state index in [9.17, 15) is 23.2 Å². The summed E-state index contributed by atoms with van der Waals surface area (Å²) in [7, 11) is 0. The van der Waals surface area contributed by atoms with E-state index < -0.39 is 24.0 Å². The van der Waals surface area contributed by atoms with Crippen molar-refractivity contribution in [2.75, 3.05) is 5.32 Å². The number of benzene rings is 1. The van der Waals surface area contributed by atoms with Crippen LogP contribution in [0.5, 0.6) is 0 Å². The van der Waals surface area contributed by atoms with Crippen LogP contribution >= 0.6 is 0 Å². The number of carbonyl (C=O) groups is 1. The first-order valence-electron chi connectivity index (χ1n) is 10.0. The minimum absolute atomic E-state index is 0.0132. The van der Waals surface area contributed by atoms with E-state index in [0.29, 0.717) is 24.2 Å². The van der Waals surface area contributed by atoms with Gasteiger partial charge in [-0.25, -0.2) is 0 Å². The maximum atomic E-state index is 12.8. The molecule has 162 valence electrons. The van der Waals surface area contributed by atoms with Gasteiger partial charge in [0.25, 0.3) is 0 Å². The number of aryl methyl sites for hydroxylation is 1. The van der Waals surface area contributed by atoms with Gasteiger partial charge in [0.05, 0.1) is 17.5 Å². The maximum absolute atomic E-state index is 12.8. The van der Waals surface area contributed by atoms with Crippen molar-refractivity contribution in [1.82, 2.24) is 0 Å². The first-order chi connectivity index (χ1) is 14.1. The Labute approximate surface area is 173 Å². The van der Waals surface area contributed by atoms with Gasteiger partial charge in [-0.3, -0.25) is 4.79 Å². The van der Waals surface area contributed by atoms with Crippen molar-refractivity contribution in [2.45, 2.75) is 51.7 Å². The van der Waals surface area contributed by atoms with Crippen LogP contribution in [0.3, 0.4) is 0 Å². The highest BCUT2D eigenvalue weighted by molar-refractivity contribution is 5.95. The highest BCUT2D eigenvalue weighted by Crippen LogP contribution is 2.40. The van der Waals surface area contributed by atoms with Crippen molar-refractivity contribution in [2.24, 2.45) is 17.6 Å². The third-order valence-electron chi connectivity index (χ3n) is 6.03. The van der Waals surface area contributed by atoms with Gasteiger partial charge in [0, 0.05) is 18.7 Å². The molecule has 1 amide bonds. The number of hydrogen-bond donors (Lipinski definition) is 2. The van der Waals surface area contributed by atoms with E-state index in [1.54, 1.807) is 25.1 Å². The minimum atomic E-state index is -4.18. The molecule has 3 N–H and O–H groups in total. The molecule has 3 rings (SSSR count). The molecule has 1 fully saturated rings. The fourth-order valence-corrected chi connectivity index (χ4v) is 4.17. The third-order valence-corrected chi connectivity index (χ3v) is 6.03. The molecule has 8 heteroatoms. The first kappa shape index (κ1) is 22.1. The Morgan fingerprint density at radius 3 is 2.30 bits per heavy atom. The molecule has 5 nitrogen and oxygen atoms in total. The van der Waals surface area contributed by atoms with Crippen molar-refractivity contribution in [1.29, 1.82) is 0 Å². The quantitative estimate of drug-likeness (QED) is 0.572. The second kappa shape index (κ2) is 8.63. The van der Waals surface area contributed by atoms with E-state index in [4.69, 9.17) is 5.73 Å². The number of carbonyl (C=O) groups excluding carboxylic acids is 1. The molecular formula is C22H26F3N3O2. The van der Waals surface area contributed by atoms with Crippen molar-refractivity contribution in [3.8, 4) is 11.1 Å². The number of alkyl halides is 3. The highest BCUT2D eigenvalue weighted by atomic mass is 19.4. The molecule has 30 heavy (non-hydrogen) atoms. The lowest BCUT2D eigenvalue weighted by Gasteiger charge is -2.32. The highest BCUT2D eigenvalue weighted by Gasteiger charge is 2.42. The number of anilines is 1. The minimum Gasteiger partial charge on any atom is -0.618 e. The molecule has 1 aliphatic rings. The standard InChI is InChI=1S/C22H26F3N3O2/c1-13-11-12-28(30)14(2)19(13)15-5-9-18(10-6-15)27-21(29)20(26)16-3-7-17(8-4-16)22(23,24)25/h5-6,9-12,16-17,20H,3-4,7-8,26H2,1-2H3,(H,27,29)/t16?,17?,20-/m0/s1. The first-order valence-corrected chi connectivity index (χ1v) is 10.0. The lowest BCUT2D eigenvalue weighted by molar-refractivity contribution is -0.611. The summed E-state index contributed by atoms with van der Waals surface area (Å²) in [6.07, 6.45) is -2.11. The fourth-order valence-electron chi connectivity index (χ4n) is 4.17. The van der Waals surface area contributed by atoms with Crippen LogP contribution in [-0.4, -0.2) is 18.1 Å². The number of rotatable bonds is 4. The normalized spacial score (nSPS) is 20.6. The van der Waals surface area contributed by atoms with Crippen LogP contribution in [0.15, 0.2) is 36.5 Å². The van der Waals surface area contributed by atoms with Crippen molar-refractivity contribution >= 4 is 11.6 Å². The predicted octanol–water partition coefficient (Wildman–Crippen LogP) is 4.24. The Bertz CT molecular complexity index is 905. The molecule has 0 unspecified atom stereocenters. The third kappa shape index (κ3) is 4.75. The molecule has 0 spiro atoms. The molecule has 2 aromatic rings. The van der Waals surface area contributed by atoms with Crippen LogP contribution in [0, 0.1) is 30.9 Å². The number of nitrogens with zero attached hydrogens (tertiary/aromatic N) is 1. The van der Waals surface area contributed by atoms with Gasteiger partial charge in [-0.05, 0) is 61.8 Å². The fraction of sp³-hybridized carbons (Fsp3) is 0.455. The lowest BCUT2D eigenvalue weighted by Crippen LogP contribution is -2.44. The van der Waals surface area contributed by atoms with Gasteiger partial charge < -0.3 is 16.3 Å². The number of nitrogens with two attached hydrogens (primary N) is 1. The molecular weight excluding hydrogens is 395 g/mol. The molecule has 1 aromatic heterocycles. The second-order valence-electron chi connectivity index (χ2n) is 8.03. The van der Waals surface area contributed by atoms with Gasteiger partial charge in [-0.2, -0.15) is 17.9 Å². The SMILES string of the molecule is Cc1cc[n+]([O-])c(C)c1-c1ccc(NC(=O)[C@@H](N)C2CCC(C(F)(F)F)CC2)cc1. The topological polar surface area (TPSA) is 82.1 Å². The van der Waals surface area contributed by atoms with Gasteiger partial charge in [-0.15, -0.1) is 0 Å².